The van der Waals surface area contributed by atoms with Gasteiger partial charge >= 0.3 is 23.9 Å². The summed E-state index contributed by atoms with van der Waals surface area (Å²) in [7, 11) is 7.19. The van der Waals surface area contributed by atoms with Crippen molar-refractivity contribution in [2.24, 2.45) is 5.92 Å². The average Bonchev–Trinajstić information content (AvgIpc) is 0.763. The quantitative estimate of drug-likeness (QED) is 0.0277. The molecule has 8 unspecified atom stereocenters. The normalized spacial score (nSPS) is 29.8. The van der Waals surface area contributed by atoms with Gasteiger partial charge in [-0.1, -0.05) is 189 Å². The molecule has 4 fully saturated rings. The average molecular weight is 1390 g/mol. The summed E-state index contributed by atoms with van der Waals surface area (Å²) >= 11 is 0. The van der Waals surface area contributed by atoms with Crippen LogP contribution < -0.4 is 0 Å². The fourth-order valence-electron chi connectivity index (χ4n) is 12.7. The Morgan fingerprint density at radius 3 is 1.12 bits per heavy atom. The Morgan fingerprint density at radius 2 is 0.680 bits per heavy atom. The smallest absolute Gasteiger partial charge is 0.338 e. The topological polar surface area (TPSA) is 253 Å². The van der Waals surface area contributed by atoms with E-state index in [0.717, 1.165) is 22.3 Å². The van der Waals surface area contributed by atoms with E-state index in [9.17, 15) is 14.4 Å². The van der Waals surface area contributed by atoms with Gasteiger partial charge in [0, 0.05) is 55.3 Å². The molecular weight excluding hydrogens is 1300 g/mol. The maximum atomic E-state index is 15.4. The first-order chi connectivity index (χ1) is 48.8. The number of carbonyl (C=O) groups is 4. The van der Waals surface area contributed by atoms with Crippen LogP contribution in [0.15, 0.2) is 182 Å². The highest BCUT2D eigenvalue weighted by atomic mass is 16.8. The van der Waals surface area contributed by atoms with Crippen LogP contribution in [0, 0.1) is 5.92 Å². The summed E-state index contributed by atoms with van der Waals surface area (Å²) in [6, 6.07) is 56.0. The molecule has 4 saturated heterocycles. The molecule has 10 rings (SSSR count). The standard InChI is InChI=1S/C76H90O24/c1-47-58(81-4)67(83-6)74(96-59(47)71(79)91-43-54-35-23-13-24-36-54)98-61-57(46-87-48(2)77)95-76(70(64(61)93-49(3)78)90-42-53-33-21-12-22-34-53)99-65-62(82-5)68(84-7)75(100-66(65)72(80)92-44-55-37-25-14-26-38-55)97-60-56(45-86-39-50-27-15-9-16-28-50)94-73(85-8)69(89-41-52-31-19-11-20-32-52)63(60)88-40-51-29-17-10-18-30-51/h9-38,47,56-70,73-76H,39-46H2,1-8H3/t47-,56?,57-,58-,59?,60+,61+,62?,63-,64?,65-,66+,67?,68?,69?,70?,73-,74-,75+,76+/m0/s1. The van der Waals surface area contributed by atoms with Gasteiger partial charge in [-0.2, -0.15) is 0 Å². The summed E-state index contributed by atoms with van der Waals surface area (Å²) in [5.74, 6) is -3.84. The van der Waals surface area contributed by atoms with Gasteiger partial charge in [-0.25, -0.2) is 9.59 Å². The van der Waals surface area contributed by atoms with E-state index in [2.05, 4.69) is 0 Å². The molecule has 6 aromatic rings. The molecule has 0 aromatic heterocycles. The van der Waals surface area contributed by atoms with E-state index in [1.54, 1.807) is 31.2 Å². The number of methoxy groups -OCH3 is 5. The van der Waals surface area contributed by atoms with Crippen molar-refractivity contribution >= 4 is 23.9 Å². The van der Waals surface area contributed by atoms with Crippen LogP contribution in [0.4, 0.5) is 0 Å². The Labute approximate surface area is 582 Å². The van der Waals surface area contributed by atoms with Gasteiger partial charge < -0.3 is 94.7 Å². The van der Waals surface area contributed by atoms with Crippen molar-refractivity contribution < 1.29 is 114 Å². The fourth-order valence-corrected chi connectivity index (χ4v) is 12.7. The van der Waals surface area contributed by atoms with Crippen molar-refractivity contribution in [1.82, 2.24) is 0 Å². The molecule has 0 spiro atoms. The van der Waals surface area contributed by atoms with E-state index in [1.807, 2.05) is 158 Å². The molecule has 20 atom stereocenters. The Kier molecular flexibility index (Phi) is 28.6. The first-order valence-corrected chi connectivity index (χ1v) is 33.3. The van der Waals surface area contributed by atoms with Crippen LogP contribution in [-0.4, -0.2) is 189 Å². The minimum Gasteiger partial charge on any atom is -0.463 e. The zero-order valence-electron chi connectivity index (χ0n) is 57.3. The third kappa shape index (κ3) is 20.0. The van der Waals surface area contributed by atoms with Crippen molar-refractivity contribution in [1.29, 1.82) is 0 Å². The van der Waals surface area contributed by atoms with Gasteiger partial charge in [-0.05, 0) is 33.4 Å². The van der Waals surface area contributed by atoms with Gasteiger partial charge in [0.15, 0.2) is 43.5 Å². The summed E-state index contributed by atoms with van der Waals surface area (Å²) in [6.45, 7) is 3.50. The molecule has 24 heteroatoms. The van der Waals surface area contributed by atoms with Crippen molar-refractivity contribution in [2.45, 2.75) is 177 Å². The molecule has 0 amide bonds. The third-order valence-electron chi connectivity index (χ3n) is 17.7. The molecule has 6 aromatic carbocycles. The zero-order valence-corrected chi connectivity index (χ0v) is 57.3. The Morgan fingerprint density at radius 1 is 0.320 bits per heavy atom. The van der Waals surface area contributed by atoms with Crippen LogP contribution in [0.5, 0.6) is 0 Å². The Balaban J connectivity index is 1.03. The molecular formula is C76H90O24. The number of hydrogen-bond donors (Lipinski definition) is 0. The summed E-state index contributed by atoms with van der Waals surface area (Å²) in [6.07, 6.45) is -25.1. The first-order valence-electron chi connectivity index (χ1n) is 33.3. The lowest BCUT2D eigenvalue weighted by atomic mass is 9.90. The van der Waals surface area contributed by atoms with E-state index in [1.165, 1.54) is 49.4 Å². The molecule has 4 heterocycles. The summed E-state index contributed by atoms with van der Waals surface area (Å²) in [5, 5.41) is 0. The van der Waals surface area contributed by atoms with Crippen LogP contribution in [0.2, 0.25) is 0 Å². The lowest BCUT2D eigenvalue weighted by Crippen LogP contribution is -2.69. The lowest BCUT2D eigenvalue weighted by Gasteiger charge is -2.51. The maximum Gasteiger partial charge on any atom is 0.338 e. The number of hydrogen-bond acceptors (Lipinski definition) is 24. The van der Waals surface area contributed by atoms with Crippen LogP contribution in [0.1, 0.15) is 54.2 Å². The summed E-state index contributed by atoms with van der Waals surface area (Å²) in [5.41, 5.74) is 4.66. The van der Waals surface area contributed by atoms with Gasteiger partial charge in [0.25, 0.3) is 0 Å². The molecule has 4 aliphatic heterocycles. The number of rotatable bonds is 33. The predicted molar refractivity (Wildman–Crippen MR) is 354 cm³/mol. The maximum absolute atomic E-state index is 15.4. The first kappa shape index (κ1) is 75.2. The lowest BCUT2D eigenvalue weighted by molar-refractivity contribution is -0.391. The van der Waals surface area contributed by atoms with Crippen LogP contribution >= 0.6 is 0 Å². The summed E-state index contributed by atoms with van der Waals surface area (Å²) in [4.78, 5) is 56.3. The molecule has 0 saturated carbocycles. The minimum atomic E-state index is -1.78. The Hall–Kier alpha value is -7.44. The van der Waals surface area contributed by atoms with Crippen LogP contribution in [0.3, 0.4) is 0 Å². The molecule has 0 aliphatic carbocycles. The van der Waals surface area contributed by atoms with Crippen LogP contribution in [-0.2, 0) is 154 Å². The monoisotopic (exact) mass is 1390 g/mol. The van der Waals surface area contributed by atoms with Gasteiger partial charge in [-0.15, -0.1) is 0 Å². The van der Waals surface area contributed by atoms with Crippen molar-refractivity contribution in [3.63, 3.8) is 0 Å². The fraction of sp³-hybridized carbons (Fsp3) is 0.474. The summed E-state index contributed by atoms with van der Waals surface area (Å²) < 4.78 is 131. The van der Waals surface area contributed by atoms with Crippen molar-refractivity contribution in [2.75, 3.05) is 48.8 Å². The zero-order chi connectivity index (χ0) is 70.3. The highest BCUT2D eigenvalue weighted by Crippen LogP contribution is 2.41. The van der Waals surface area contributed by atoms with Crippen molar-refractivity contribution in [3.8, 4) is 0 Å². The molecule has 0 radical (unpaired) electrons. The molecule has 0 N–H and O–H groups in total. The van der Waals surface area contributed by atoms with Gasteiger partial charge in [-0.3, -0.25) is 9.59 Å². The molecule has 0 bridgehead atoms. The second-order valence-electron chi connectivity index (χ2n) is 24.5. The highest BCUT2D eigenvalue weighted by Gasteiger charge is 2.60. The third-order valence-corrected chi connectivity index (χ3v) is 17.7. The van der Waals surface area contributed by atoms with Gasteiger partial charge in [0.05, 0.1) is 39.1 Å². The van der Waals surface area contributed by atoms with E-state index < -0.39 is 153 Å². The van der Waals surface area contributed by atoms with E-state index in [4.69, 9.17) is 94.7 Å². The molecule has 24 nitrogen and oxygen atoms in total. The molecule has 538 valence electrons. The van der Waals surface area contributed by atoms with E-state index >= 15 is 4.79 Å². The number of ether oxygens (including phenoxy) is 20. The second-order valence-corrected chi connectivity index (χ2v) is 24.5. The van der Waals surface area contributed by atoms with E-state index in [0.29, 0.717) is 11.1 Å². The molecule has 100 heavy (non-hydrogen) atoms. The molecule has 4 aliphatic rings. The second kappa shape index (κ2) is 38.0. The number of benzene rings is 6. The van der Waals surface area contributed by atoms with Crippen molar-refractivity contribution in [3.05, 3.63) is 215 Å². The van der Waals surface area contributed by atoms with Gasteiger partial charge in [0.1, 0.15) is 87.0 Å². The van der Waals surface area contributed by atoms with Crippen LogP contribution in [0.25, 0.3) is 0 Å². The predicted octanol–water partition coefficient (Wildman–Crippen LogP) is 8.34. The number of carbonyl (C=O) groups excluding carboxylic acids is 4. The number of esters is 4. The highest BCUT2D eigenvalue weighted by molar-refractivity contribution is 5.76. The SMILES string of the molecule is COC1C(OC)[C@H](O[C@H]2O[C@@H](COC(C)=O)[C@@H](O[C@@H]3OC(C(=O)OCc4ccccc4)[C@@H](C)[C@H](OC)C3OC)C(OC(C)=O)C2OCc2ccccc2)[C@H](C(=O)OCc2ccccc2)O[C@H]1O[C@@H]1C(COCc2ccccc2)O[C@H](OC)C(OCc2ccccc2)[C@H]1OCc1ccccc1. The Bertz CT molecular complexity index is 3400. The van der Waals surface area contributed by atoms with Gasteiger partial charge in [0.2, 0.25) is 0 Å². The van der Waals surface area contributed by atoms with E-state index in [-0.39, 0.29) is 46.2 Å². The minimum absolute atomic E-state index is 0.0625. The largest absolute Gasteiger partial charge is 0.463 e.